The third-order valence-corrected chi connectivity index (χ3v) is 2.79. The highest BCUT2D eigenvalue weighted by Crippen LogP contribution is 2.13. The van der Waals surface area contributed by atoms with E-state index in [1.807, 2.05) is 31.2 Å². The van der Waals surface area contributed by atoms with E-state index in [2.05, 4.69) is 4.18 Å². The van der Waals surface area contributed by atoms with E-state index in [9.17, 15) is 8.42 Å². The minimum Gasteiger partial charge on any atom is -0.494 e. The van der Waals surface area contributed by atoms with Gasteiger partial charge in [0.15, 0.2) is 0 Å². The molecule has 1 aromatic rings. The normalized spacial score (nSPS) is 13.3. The van der Waals surface area contributed by atoms with Gasteiger partial charge in [-0.2, -0.15) is 8.42 Å². The van der Waals surface area contributed by atoms with Crippen LogP contribution in [0.4, 0.5) is 0 Å². The second kappa shape index (κ2) is 6.72. The monoisotopic (exact) mass is 273 g/mol. The third-order valence-electron chi connectivity index (χ3n) is 2.23. The molecule has 0 radical (unpaired) electrons. The highest BCUT2D eigenvalue weighted by Gasteiger charge is 2.09. The standard InChI is InChI=1S/C12H19NO4S/c1-3-16-12-6-4-10(5-7-12)8-11(13)9-17-18(2,14)15/h4-7,11H,3,8-9,13H2,1-2H3/t11-/m0/s1. The summed E-state index contributed by atoms with van der Waals surface area (Å²) in [5, 5.41) is 0. The topological polar surface area (TPSA) is 78.6 Å². The Hall–Kier alpha value is -1.11. The Bertz CT molecular complexity index is 455. The molecule has 5 nitrogen and oxygen atoms in total. The molecule has 0 aliphatic heterocycles. The molecule has 0 saturated heterocycles. The van der Waals surface area contributed by atoms with Crippen LogP contribution in [0.1, 0.15) is 12.5 Å². The van der Waals surface area contributed by atoms with Gasteiger partial charge in [-0.3, -0.25) is 4.18 Å². The number of hydrogen-bond acceptors (Lipinski definition) is 5. The molecule has 1 aromatic carbocycles. The van der Waals surface area contributed by atoms with Crippen molar-refractivity contribution in [1.29, 1.82) is 0 Å². The molecule has 0 spiro atoms. The Kier molecular flexibility index (Phi) is 5.58. The maximum Gasteiger partial charge on any atom is 0.264 e. The van der Waals surface area contributed by atoms with E-state index in [0.29, 0.717) is 13.0 Å². The summed E-state index contributed by atoms with van der Waals surface area (Å²) in [6.07, 6.45) is 1.57. The molecular weight excluding hydrogens is 254 g/mol. The van der Waals surface area contributed by atoms with E-state index >= 15 is 0 Å². The van der Waals surface area contributed by atoms with Crippen LogP contribution >= 0.6 is 0 Å². The highest BCUT2D eigenvalue weighted by molar-refractivity contribution is 7.85. The van der Waals surface area contributed by atoms with Crippen molar-refractivity contribution in [2.45, 2.75) is 19.4 Å². The van der Waals surface area contributed by atoms with Gasteiger partial charge in [-0.1, -0.05) is 12.1 Å². The first kappa shape index (κ1) is 14.9. The summed E-state index contributed by atoms with van der Waals surface area (Å²) in [6, 6.07) is 7.19. The predicted molar refractivity (Wildman–Crippen MR) is 70.1 cm³/mol. The van der Waals surface area contributed by atoms with Crippen molar-refractivity contribution in [1.82, 2.24) is 0 Å². The Morgan fingerprint density at radius 2 is 1.89 bits per heavy atom. The van der Waals surface area contributed by atoms with Crippen molar-refractivity contribution in [2.75, 3.05) is 19.5 Å². The lowest BCUT2D eigenvalue weighted by molar-refractivity contribution is 0.293. The molecular formula is C12H19NO4S. The fourth-order valence-corrected chi connectivity index (χ4v) is 1.88. The van der Waals surface area contributed by atoms with Crippen LogP contribution in [-0.4, -0.2) is 33.9 Å². The summed E-state index contributed by atoms with van der Waals surface area (Å²) in [6.45, 7) is 2.54. The van der Waals surface area contributed by atoms with Crippen LogP contribution in [0.5, 0.6) is 5.75 Å². The van der Waals surface area contributed by atoms with Crippen LogP contribution < -0.4 is 10.5 Å². The van der Waals surface area contributed by atoms with Crippen molar-refractivity contribution in [3.05, 3.63) is 29.8 Å². The molecule has 6 heteroatoms. The fraction of sp³-hybridized carbons (Fsp3) is 0.500. The van der Waals surface area contributed by atoms with Crippen LogP contribution in [0, 0.1) is 0 Å². The number of rotatable bonds is 7. The zero-order valence-corrected chi connectivity index (χ0v) is 11.4. The molecule has 102 valence electrons. The Balaban J connectivity index is 2.46. The van der Waals surface area contributed by atoms with Gasteiger partial charge in [-0.05, 0) is 31.0 Å². The minimum absolute atomic E-state index is 0.00789. The van der Waals surface area contributed by atoms with Crippen molar-refractivity contribution in [3.63, 3.8) is 0 Å². The second-order valence-electron chi connectivity index (χ2n) is 4.03. The molecule has 0 heterocycles. The van der Waals surface area contributed by atoms with Crippen LogP contribution in [0.2, 0.25) is 0 Å². The van der Waals surface area contributed by atoms with Crippen molar-refractivity contribution in [3.8, 4) is 5.75 Å². The van der Waals surface area contributed by atoms with Gasteiger partial charge in [-0.25, -0.2) is 0 Å². The molecule has 0 aliphatic rings. The van der Waals surface area contributed by atoms with Crippen molar-refractivity contribution < 1.29 is 17.3 Å². The number of nitrogens with two attached hydrogens (primary N) is 1. The molecule has 0 fully saturated rings. The quantitative estimate of drug-likeness (QED) is 0.748. The Labute approximate surface area is 108 Å². The molecule has 0 unspecified atom stereocenters. The van der Waals surface area contributed by atoms with Gasteiger partial charge in [0.2, 0.25) is 0 Å². The molecule has 0 aromatic heterocycles. The first-order valence-electron chi connectivity index (χ1n) is 5.72. The number of ether oxygens (including phenoxy) is 1. The molecule has 0 bridgehead atoms. The first-order valence-corrected chi connectivity index (χ1v) is 7.54. The summed E-state index contributed by atoms with van der Waals surface area (Å²) in [5.74, 6) is 0.808. The lowest BCUT2D eigenvalue weighted by Crippen LogP contribution is -2.29. The molecule has 18 heavy (non-hydrogen) atoms. The van der Waals surface area contributed by atoms with Crippen LogP contribution in [0.3, 0.4) is 0 Å². The van der Waals surface area contributed by atoms with E-state index in [1.165, 1.54) is 0 Å². The smallest absolute Gasteiger partial charge is 0.264 e. The molecule has 0 saturated carbocycles. The van der Waals surface area contributed by atoms with Crippen LogP contribution in [-0.2, 0) is 20.7 Å². The lowest BCUT2D eigenvalue weighted by atomic mass is 10.1. The van der Waals surface area contributed by atoms with Crippen LogP contribution in [0.15, 0.2) is 24.3 Å². The summed E-state index contributed by atoms with van der Waals surface area (Å²) in [5.41, 5.74) is 6.81. The van der Waals surface area contributed by atoms with Gasteiger partial charge in [0.1, 0.15) is 5.75 Å². The molecule has 1 rings (SSSR count). The molecule has 2 N–H and O–H groups in total. The van der Waals surface area contributed by atoms with Gasteiger partial charge in [-0.15, -0.1) is 0 Å². The van der Waals surface area contributed by atoms with E-state index in [-0.39, 0.29) is 12.6 Å². The Morgan fingerprint density at radius 1 is 1.28 bits per heavy atom. The fourth-order valence-electron chi connectivity index (χ4n) is 1.46. The van der Waals surface area contributed by atoms with E-state index in [4.69, 9.17) is 10.5 Å². The third kappa shape index (κ3) is 6.00. The van der Waals surface area contributed by atoms with Gasteiger partial charge >= 0.3 is 0 Å². The van der Waals surface area contributed by atoms with Crippen molar-refractivity contribution >= 4 is 10.1 Å². The minimum atomic E-state index is -3.43. The average molecular weight is 273 g/mol. The summed E-state index contributed by atoms with van der Waals surface area (Å²) in [4.78, 5) is 0. The summed E-state index contributed by atoms with van der Waals surface area (Å²) >= 11 is 0. The van der Waals surface area contributed by atoms with Gasteiger partial charge in [0, 0.05) is 6.04 Å². The van der Waals surface area contributed by atoms with E-state index in [0.717, 1.165) is 17.6 Å². The largest absolute Gasteiger partial charge is 0.494 e. The van der Waals surface area contributed by atoms with Crippen LogP contribution in [0.25, 0.3) is 0 Å². The molecule has 0 amide bonds. The summed E-state index contributed by atoms with van der Waals surface area (Å²) < 4.78 is 31.6. The maximum atomic E-state index is 10.8. The molecule has 0 aliphatic carbocycles. The maximum absolute atomic E-state index is 10.8. The average Bonchev–Trinajstić information content (AvgIpc) is 2.29. The lowest BCUT2D eigenvalue weighted by Gasteiger charge is -2.11. The predicted octanol–water partition coefficient (Wildman–Crippen LogP) is 0.931. The SMILES string of the molecule is CCOc1ccc(C[C@H](N)COS(C)(=O)=O)cc1. The highest BCUT2D eigenvalue weighted by atomic mass is 32.2. The number of benzene rings is 1. The first-order chi connectivity index (χ1) is 8.40. The Morgan fingerprint density at radius 3 is 2.39 bits per heavy atom. The zero-order chi connectivity index (χ0) is 13.6. The van der Waals surface area contributed by atoms with E-state index in [1.54, 1.807) is 0 Å². The summed E-state index contributed by atoms with van der Waals surface area (Å²) in [7, 11) is -3.43. The second-order valence-corrected chi connectivity index (χ2v) is 5.67. The van der Waals surface area contributed by atoms with Crippen molar-refractivity contribution in [2.24, 2.45) is 5.73 Å². The number of hydrogen-bond donors (Lipinski definition) is 1. The van der Waals surface area contributed by atoms with Gasteiger partial charge in [0.25, 0.3) is 10.1 Å². The molecule has 1 atom stereocenters. The van der Waals surface area contributed by atoms with Gasteiger partial charge < -0.3 is 10.5 Å². The zero-order valence-electron chi connectivity index (χ0n) is 10.6. The van der Waals surface area contributed by atoms with Gasteiger partial charge in [0.05, 0.1) is 19.5 Å². The van der Waals surface area contributed by atoms with E-state index < -0.39 is 10.1 Å².